The van der Waals surface area contributed by atoms with Crippen LogP contribution in [0.15, 0.2) is 0 Å². The fourth-order valence-electron chi connectivity index (χ4n) is 1.06. The highest BCUT2D eigenvalue weighted by molar-refractivity contribution is 5.85. The topological polar surface area (TPSA) is 12.0 Å². The SMILES string of the molecule is CNCC1CCC1(F)F.Cl. The summed E-state index contributed by atoms with van der Waals surface area (Å²) in [6, 6.07) is 0. The zero-order valence-corrected chi connectivity index (χ0v) is 6.68. The van der Waals surface area contributed by atoms with E-state index in [1.165, 1.54) is 0 Å². The van der Waals surface area contributed by atoms with Crippen LogP contribution in [0.1, 0.15) is 12.8 Å². The van der Waals surface area contributed by atoms with Gasteiger partial charge in [-0.2, -0.15) is 0 Å². The molecule has 0 spiro atoms. The van der Waals surface area contributed by atoms with E-state index in [-0.39, 0.29) is 18.8 Å². The maximum absolute atomic E-state index is 12.3. The van der Waals surface area contributed by atoms with E-state index in [9.17, 15) is 8.78 Å². The van der Waals surface area contributed by atoms with Crippen molar-refractivity contribution in [1.29, 1.82) is 0 Å². The van der Waals surface area contributed by atoms with Crippen LogP contribution in [-0.4, -0.2) is 19.5 Å². The predicted molar refractivity (Wildman–Crippen MR) is 38.8 cm³/mol. The minimum atomic E-state index is -2.37. The van der Waals surface area contributed by atoms with Crippen molar-refractivity contribution in [2.24, 2.45) is 5.92 Å². The fourth-order valence-corrected chi connectivity index (χ4v) is 1.06. The molecule has 0 heterocycles. The molecule has 0 aromatic carbocycles. The molecule has 1 aliphatic rings. The third-order valence-corrected chi connectivity index (χ3v) is 1.87. The molecule has 0 saturated heterocycles. The van der Waals surface area contributed by atoms with Gasteiger partial charge in [-0.25, -0.2) is 8.78 Å². The highest BCUT2D eigenvalue weighted by Crippen LogP contribution is 2.42. The Morgan fingerprint density at radius 2 is 2.20 bits per heavy atom. The number of nitrogens with one attached hydrogen (secondary N) is 1. The van der Waals surface area contributed by atoms with E-state index in [2.05, 4.69) is 5.32 Å². The Labute approximate surface area is 65.6 Å². The Hall–Kier alpha value is 0.110. The van der Waals surface area contributed by atoms with Gasteiger partial charge in [-0.1, -0.05) is 0 Å². The van der Waals surface area contributed by atoms with Gasteiger partial charge in [0.05, 0.1) is 0 Å². The lowest BCUT2D eigenvalue weighted by Crippen LogP contribution is -2.43. The number of rotatable bonds is 2. The lowest BCUT2D eigenvalue weighted by Gasteiger charge is -2.35. The molecule has 0 bridgehead atoms. The van der Waals surface area contributed by atoms with Crippen LogP contribution in [0.2, 0.25) is 0 Å². The average molecular weight is 172 g/mol. The summed E-state index contributed by atoms with van der Waals surface area (Å²) in [5.74, 6) is -2.77. The van der Waals surface area contributed by atoms with Crippen LogP contribution >= 0.6 is 12.4 Å². The summed E-state index contributed by atoms with van der Waals surface area (Å²) in [4.78, 5) is 0. The summed E-state index contributed by atoms with van der Waals surface area (Å²) in [6.45, 7) is 0.451. The molecule has 0 aromatic heterocycles. The van der Waals surface area contributed by atoms with Gasteiger partial charge in [-0.15, -0.1) is 12.4 Å². The molecule has 10 heavy (non-hydrogen) atoms. The van der Waals surface area contributed by atoms with E-state index < -0.39 is 11.8 Å². The third-order valence-electron chi connectivity index (χ3n) is 1.87. The van der Waals surface area contributed by atoms with Gasteiger partial charge in [0.1, 0.15) is 0 Å². The Bertz CT molecular complexity index is 108. The molecule has 0 amide bonds. The van der Waals surface area contributed by atoms with E-state index >= 15 is 0 Å². The smallest absolute Gasteiger partial charge is 0.252 e. The number of halogens is 3. The van der Waals surface area contributed by atoms with E-state index in [0.717, 1.165) is 0 Å². The second-order valence-corrected chi connectivity index (χ2v) is 2.55. The van der Waals surface area contributed by atoms with Crippen LogP contribution < -0.4 is 5.32 Å². The molecule has 4 heteroatoms. The predicted octanol–water partition coefficient (Wildman–Crippen LogP) is 1.67. The first-order chi connectivity index (χ1) is 4.17. The van der Waals surface area contributed by atoms with Crippen LogP contribution in [0, 0.1) is 5.92 Å². The monoisotopic (exact) mass is 171 g/mol. The molecule has 0 aromatic rings. The van der Waals surface area contributed by atoms with Crippen molar-refractivity contribution in [3.05, 3.63) is 0 Å². The lowest BCUT2D eigenvalue weighted by molar-refractivity contribution is -0.129. The number of hydrogen-bond donors (Lipinski definition) is 1. The molecule has 0 radical (unpaired) electrons. The minimum absolute atomic E-state index is 0. The molecule has 1 unspecified atom stereocenters. The van der Waals surface area contributed by atoms with Crippen molar-refractivity contribution < 1.29 is 8.78 Å². The molecule has 1 saturated carbocycles. The van der Waals surface area contributed by atoms with Gasteiger partial charge in [-0.05, 0) is 13.5 Å². The molecular weight excluding hydrogens is 160 g/mol. The van der Waals surface area contributed by atoms with Gasteiger partial charge in [0.15, 0.2) is 0 Å². The van der Waals surface area contributed by atoms with Crippen LogP contribution in [0.5, 0.6) is 0 Å². The van der Waals surface area contributed by atoms with Crippen molar-refractivity contribution in [3.8, 4) is 0 Å². The summed E-state index contributed by atoms with van der Waals surface area (Å²) < 4.78 is 24.7. The Balaban J connectivity index is 0.000000810. The molecule has 1 fully saturated rings. The normalized spacial score (nSPS) is 28.5. The van der Waals surface area contributed by atoms with Crippen LogP contribution in [0.3, 0.4) is 0 Å². The van der Waals surface area contributed by atoms with Gasteiger partial charge >= 0.3 is 0 Å². The number of alkyl halides is 2. The average Bonchev–Trinajstić information content (AvgIpc) is 1.81. The summed E-state index contributed by atoms with van der Waals surface area (Å²) in [6.07, 6.45) is 0.757. The Morgan fingerprint density at radius 1 is 1.60 bits per heavy atom. The van der Waals surface area contributed by atoms with Gasteiger partial charge in [0, 0.05) is 18.9 Å². The van der Waals surface area contributed by atoms with Crippen molar-refractivity contribution in [3.63, 3.8) is 0 Å². The molecule has 1 nitrogen and oxygen atoms in total. The van der Waals surface area contributed by atoms with E-state index in [0.29, 0.717) is 13.0 Å². The van der Waals surface area contributed by atoms with Crippen LogP contribution in [-0.2, 0) is 0 Å². The van der Waals surface area contributed by atoms with E-state index in [4.69, 9.17) is 0 Å². The van der Waals surface area contributed by atoms with Crippen molar-refractivity contribution in [1.82, 2.24) is 5.32 Å². The largest absolute Gasteiger partial charge is 0.319 e. The quantitative estimate of drug-likeness (QED) is 0.667. The Kier molecular flexibility index (Phi) is 3.52. The molecule has 1 rings (SSSR count). The van der Waals surface area contributed by atoms with E-state index in [1.54, 1.807) is 7.05 Å². The second-order valence-electron chi connectivity index (χ2n) is 2.55. The zero-order chi connectivity index (χ0) is 6.91. The first-order valence-electron chi connectivity index (χ1n) is 3.19. The maximum Gasteiger partial charge on any atom is 0.252 e. The summed E-state index contributed by atoms with van der Waals surface area (Å²) in [7, 11) is 1.70. The lowest BCUT2D eigenvalue weighted by atomic mass is 9.81. The fraction of sp³-hybridized carbons (Fsp3) is 1.00. The van der Waals surface area contributed by atoms with Crippen LogP contribution in [0.4, 0.5) is 8.78 Å². The molecule has 1 atom stereocenters. The molecule has 62 valence electrons. The van der Waals surface area contributed by atoms with Gasteiger partial charge in [-0.3, -0.25) is 0 Å². The van der Waals surface area contributed by atoms with Crippen molar-refractivity contribution >= 4 is 12.4 Å². The molecular formula is C6H12ClF2N. The first-order valence-corrected chi connectivity index (χ1v) is 3.19. The van der Waals surface area contributed by atoms with Crippen molar-refractivity contribution in [2.45, 2.75) is 18.8 Å². The minimum Gasteiger partial charge on any atom is -0.319 e. The highest BCUT2D eigenvalue weighted by Gasteiger charge is 2.47. The first kappa shape index (κ1) is 10.1. The van der Waals surface area contributed by atoms with Gasteiger partial charge in [0.25, 0.3) is 5.92 Å². The van der Waals surface area contributed by atoms with Gasteiger partial charge in [0.2, 0.25) is 0 Å². The van der Waals surface area contributed by atoms with E-state index in [1.807, 2.05) is 0 Å². The maximum atomic E-state index is 12.3. The Morgan fingerprint density at radius 3 is 2.30 bits per heavy atom. The van der Waals surface area contributed by atoms with Crippen molar-refractivity contribution in [2.75, 3.05) is 13.6 Å². The highest BCUT2D eigenvalue weighted by atomic mass is 35.5. The number of hydrogen-bond acceptors (Lipinski definition) is 1. The summed E-state index contributed by atoms with van der Waals surface area (Å²) in [5, 5.41) is 2.75. The summed E-state index contributed by atoms with van der Waals surface area (Å²) >= 11 is 0. The second kappa shape index (κ2) is 3.49. The standard InChI is InChI=1S/C6H11F2N.ClH/c1-9-4-5-2-3-6(5,7)8;/h5,9H,2-4H2,1H3;1H. The molecule has 1 aliphatic carbocycles. The summed E-state index contributed by atoms with van der Waals surface area (Å²) in [5.41, 5.74) is 0. The zero-order valence-electron chi connectivity index (χ0n) is 5.86. The molecule has 1 N–H and O–H groups in total. The third kappa shape index (κ3) is 1.80. The molecule has 0 aliphatic heterocycles. The van der Waals surface area contributed by atoms with Crippen LogP contribution in [0.25, 0.3) is 0 Å². The van der Waals surface area contributed by atoms with Gasteiger partial charge < -0.3 is 5.32 Å².